The van der Waals surface area contributed by atoms with Gasteiger partial charge in [-0.25, -0.2) is 18.9 Å². The predicted octanol–water partition coefficient (Wildman–Crippen LogP) is 1.93. The van der Waals surface area contributed by atoms with Crippen molar-refractivity contribution in [2.45, 2.75) is 51.5 Å². The van der Waals surface area contributed by atoms with Crippen LogP contribution in [0.2, 0.25) is 0 Å². The lowest BCUT2D eigenvalue weighted by atomic mass is 10.1. The third-order valence-electron chi connectivity index (χ3n) is 5.91. The molecule has 2 aliphatic rings. The number of nitrogen functional groups attached to an aromatic ring is 1. The largest absolute Gasteiger partial charge is 0.376 e. The van der Waals surface area contributed by atoms with Crippen molar-refractivity contribution in [3.63, 3.8) is 0 Å². The van der Waals surface area contributed by atoms with E-state index in [1.54, 1.807) is 0 Å². The Hall–Kier alpha value is -2.91. The number of aromatic nitrogens is 4. The van der Waals surface area contributed by atoms with Gasteiger partial charge in [-0.1, -0.05) is 30.3 Å². The molecule has 3 atom stereocenters. The van der Waals surface area contributed by atoms with Crippen LogP contribution >= 0.6 is 0 Å². The molecule has 1 aromatic carbocycles. The molecule has 2 aromatic heterocycles. The SMILES string of the molecule is CC1CN(c2c(-c3ccccc3)nc(N)n3c(=O)n(C[C@H]4CCCO4)nc23)CC(C)O1. The number of benzene rings is 1. The average molecular weight is 425 g/mol. The maximum Gasteiger partial charge on any atom is 0.353 e. The van der Waals surface area contributed by atoms with E-state index in [2.05, 4.69) is 23.7 Å². The quantitative estimate of drug-likeness (QED) is 0.683. The summed E-state index contributed by atoms with van der Waals surface area (Å²) in [6.07, 6.45) is 2.02. The molecule has 5 rings (SSSR count). The smallest absolute Gasteiger partial charge is 0.353 e. The van der Waals surface area contributed by atoms with E-state index in [1.807, 2.05) is 30.3 Å². The van der Waals surface area contributed by atoms with Gasteiger partial charge < -0.3 is 20.1 Å². The number of morpholine rings is 1. The zero-order valence-electron chi connectivity index (χ0n) is 17.9. The summed E-state index contributed by atoms with van der Waals surface area (Å²) in [7, 11) is 0. The van der Waals surface area contributed by atoms with Gasteiger partial charge in [0.05, 0.1) is 24.9 Å². The number of hydrogen-bond donors (Lipinski definition) is 1. The van der Waals surface area contributed by atoms with E-state index < -0.39 is 0 Å². The lowest BCUT2D eigenvalue weighted by Gasteiger charge is -2.37. The number of fused-ring (bicyclic) bond motifs is 1. The molecule has 0 saturated carbocycles. The Labute approximate surface area is 180 Å². The van der Waals surface area contributed by atoms with Gasteiger partial charge in [-0.2, -0.15) is 0 Å². The number of nitrogens with zero attached hydrogens (tertiary/aromatic N) is 5. The van der Waals surface area contributed by atoms with E-state index in [4.69, 9.17) is 20.3 Å². The molecule has 0 amide bonds. The molecule has 4 heterocycles. The fourth-order valence-electron chi connectivity index (χ4n) is 4.64. The van der Waals surface area contributed by atoms with Crippen molar-refractivity contribution >= 4 is 17.3 Å². The first-order valence-corrected chi connectivity index (χ1v) is 10.9. The van der Waals surface area contributed by atoms with Gasteiger partial charge >= 0.3 is 5.69 Å². The molecule has 3 aromatic rings. The fraction of sp³-hybridized carbons (Fsp3) is 0.500. The molecule has 0 spiro atoms. The molecule has 0 bridgehead atoms. The molecule has 2 saturated heterocycles. The van der Waals surface area contributed by atoms with E-state index in [0.717, 1.165) is 36.4 Å². The molecule has 164 valence electrons. The van der Waals surface area contributed by atoms with Crippen LogP contribution in [0.25, 0.3) is 16.9 Å². The van der Waals surface area contributed by atoms with Crippen LogP contribution in [0.5, 0.6) is 0 Å². The van der Waals surface area contributed by atoms with Crippen molar-refractivity contribution in [2.75, 3.05) is 30.3 Å². The minimum Gasteiger partial charge on any atom is -0.376 e. The average Bonchev–Trinajstić information content (AvgIpc) is 3.36. The number of nitrogens with two attached hydrogens (primary N) is 1. The van der Waals surface area contributed by atoms with Crippen molar-refractivity contribution in [3.05, 3.63) is 40.8 Å². The molecule has 2 unspecified atom stereocenters. The first kappa shape index (κ1) is 20.0. The minimum atomic E-state index is -0.286. The number of ether oxygens (including phenoxy) is 2. The van der Waals surface area contributed by atoms with Crippen LogP contribution < -0.4 is 16.3 Å². The summed E-state index contributed by atoms with van der Waals surface area (Å²) in [5.41, 5.74) is 9.00. The maximum atomic E-state index is 13.2. The normalized spacial score (nSPS) is 24.2. The summed E-state index contributed by atoms with van der Waals surface area (Å²) >= 11 is 0. The summed E-state index contributed by atoms with van der Waals surface area (Å²) in [5.74, 6) is 0.135. The van der Waals surface area contributed by atoms with E-state index in [9.17, 15) is 4.79 Å². The van der Waals surface area contributed by atoms with Gasteiger partial charge in [0.25, 0.3) is 0 Å². The van der Waals surface area contributed by atoms with Gasteiger partial charge in [0.2, 0.25) is 5.95 Å². The second-order valence-corrected chi connectivity index (χ2v) is 8.45. The predicted molar refractivity (Wildman–Crippen MR) is 118 cm³/mol. The first-order chi connectivity index (χ1) is 15.0. The summed E-state index contributed by atoms with van der Waals surface area (Å²) in [6, 6.07) is 9.89. The summed E-state index contributed by atoms with van der Waals surface area (Å²) in [4.78, 5) is 20.1. The van der Waals surface area contributed by atoms with Gasteiger partial charge in [-0.3, -0.25) is 0 Å². The second kappa shape index (κ2) is 7.97. The summed E-state index contributed by atoms with van der Waals surface area (Å²) < 4.78 is 14.5. The van der Waals surface area contributed by atoms with Crippen LogP contribution in [0, 0.1) is 0 Å². The summed E-state index contributed by atoms with van der Waals surface area (Å²) in [5, 5.41) is 4.73. The fourth-order valence-corrected chi connectivity index (χ4v) is 4.64. The third kappa shape index (κ3) is 3.68. The Morgan fingerprint density at radius 2 is 1.90 bits per heavy atom. The molecular formula is C22H28N6O3. The van der Waals surface area contributed by atoms with Crippen molar-refractivity contribution in [2.24, 2.45) is 0 Å². The van der Waals surface area contributed by atoms with E-state index >= 15 is 0 Å². The van der Waals surface area contributed by atoms with E-state index in [1.165, 1.54) is 9.08 Å². The van der Waals surface area contributed by atoms with E-state index in [-0.39, 0.29) is 29.9 Å². The lowest BCUT2D eigenvalue weighted by molar-refractivity contribution is -0.00513. The zero-order valence-corrected chi connectivity index (χ0v) is 17.9. The third-order valence-corrected chi connectivity index (χ3v) is 5.91. The van der Waals surface area contributed by atoms with Crippen LogP contribution in [0.15, 0.2) is 35.1 Å². The highest BCUT2D eigenvalue weighted by Gasteiger charge is 2.30. The Morgan fingerprint density at radius 3 is 2.58 bits per heavy atom. The lowest BCUT2D eigenvalue weighted by Crippen LogP contribution is -2.46. The summed E-state index contributed by atoms with van der Waals surface area (Å²) in [6.45, 7) is 6.60. The van der Waals surface area contributed by atoms with Crippen LogP contribution in [0.1, 0.15) is 26.7 Å². The van der Waals surface area contributed by atoms with E-state index in [0.29, 0.717) is 25.3 Å². The topological polar surface area (TPSA) is 99.9 Å². The Balaban J connectivity index is 1.71. The number of hydrogen-bond acceptors (Lipinski definition) is 7. The molecule has 0 radical (unpaired) electrons. The van der Waals surface area contributed by atoms with Crippen molar-refractivity contribution in [1.82, 2.24) is 19.2 Å². The highest BCUT2D eigenvalue weighted by molar-refractivity contribution is 5.86. The second-order valence-electron chi connectivity index (χ2n) is 8.45. The first-order valence-electron chi connectivity index (χ1n) is 10.9. The van der Waals surface area contributed by atoms with Gasteiger partial charge in [-0.15, -0.1) is 5.10 Å². The highest BCUT2D eigenvalue weighted by atomic mass is 16.5. The van der Waals surface area contributed by atoms with Crippen LogP contribution in [-0.4, -0.2) is 57.2 Å². The van der Waals surface area contributed by atoms with Crippen LogP contribution in [0.4, 0.5) is 11.6 Å². The van der Waals surface area contributed by atoms with Gasteiger partial charge in [-0.05, 0) is 26.7 Å². The van der Waals surface area contributed by atoms with Crippen LogP contribution in [-0.2, 0) is 16.0 Å². The molecule has 0 aliphatic carbocycles. The Morgan fingerprint density at radius 1 is 1.16 bits per heavy atom. The number of anilines is 2. The number of rotatable bonds is 4. The molecular weight excluding hydrogens is 396 g/mol. The molecule has 31 heavy (non-hydrogen) atoms. The van der Waals surface area contributed by atoms with Gasteiger partial charge in [0.15, 0.2) is 5.65 Å². The maximum absolute atomic E-state index is 13.2. The van der Waals surface area contributed by atoms with Crippen molar-refractivity contribution < 1.29 is 9.47 Å². The van der Waals surface area contributed by atoms with Crippen molar-refractivity contribution in [3.8, 4) is 11.3 Å². The Bertz CT molecular complexity index is 1130. The van der Waals surface area contributed by atoms with Gasteiger partial charge in [0.1, 0.15) is 11.4 Å². The monoisotopic (exact) mass is 424 g/mol. The standard InChI is InChI=1S/C22H28N6O3/c1-14-11-26(12-15(2)31-14)19-18(16-7-4-3-5-8-16)24-21(23)28-20(19)25-27(22(28)29)13-17-9-6-10-30-17/h3-5,7-8,14-15,17H,6,9-13H2,1-2H3,(H2,23,24)/t14?,15?,17-/m1/s1. The minimum absolute atomic E-state index is 0.00253. The van der Waals surface area contributed by atoms with Crippen molar-refractivity contribution in [1.29, 1.82) is 0 Å². The van der Waals surface area contributed by atoms with Crippen LogP contribution in [0.3, 0.4) is 0 Å². The molecule has 2 aliphatic heterocycles. The Kier molecular flexibility index (Phi) is 5.15. The molecule has 2 fully saturated rings. The molecule has 2 N–H and O–H groups in total. The molecule has 9 nitrogen and oxygen atoms in total. The molecule has 9 heteroatoms. The highest BCUT2D eigenvalue weighted by Crippen LogP contribution is 2.35. The van der Waals surface area contributed by atoms with Gasteiger partial charge in [0, 0.05) is 25.3 Å². The zero-order chi connectivity index (χ0) is 21.5.